The third-order valence-corrected chi connectivity index (χ3v) is 6.17. The number of carboxylic acids is 1. The van der Waals surface area contributed by atoms with Crippen LogP contribution in [0.2, 0.25) is 0 Å². The van der Waals surface area contributed by atoms with E-state index in [-0.39, 0.29) is 35.6 Å². The molecule has 2 aliphatic heterocycles. The van der Waals surface area contributed by atoms with E-state index in [0.717, 1.165) is 18.6 Å². The van der Waals surface area contributed by atoms with Crippen molar-refractivity contribution in [3.8, 4) is 5.75 Å². The van der Waals surface area contributed by atoms with Crippen molar-refractivity contribution < 1.29 is 32.2 Å². The number of hydrogen-bond donors (Lipinski definition) is 2. The number of aromatic carboxylic acids is 1. The molecule has 9 heteroatoms. The van der Waals surface area contributed by atoms with Crippen LogP contribution in [-0.2, 0) is 14.8 Å². The standard InChI is InChI=1S/C18H16FNO6S/c19-12-3-1-2-4-15(12)27(23,24)20-13-6-5-11-10-7-8-25-14(10)9-26-17(11)16(13)18(21)22/h1-6,10,14,20H,7-9H2,(H,21,22)/t10-,14+/m0/s1. The van der Waals surface area contributed by atoms with Gasteiger partial charge in [0.15, 0.2) is 0 Å². The Morgan fingerprint density at radius 3 is 2.74 bits per heavy atom. The minimum absolute atomic E-state index is 0.00377. The first kappa shape index (κ1) is 17.7. The summed E-state index contributed by atoms with van der Waals surface area (Å²) in [5, 5.41) is 9.66. The van der Waals surface area contributed by atoms with E-state index in [0.29, 0.717) is 12.2 Å². The van der Waals surface area contributed by atoms with Crippen LogP contribution in [0.4, 0.5) is 10.1 Å². The maximum Gasteiger partial charge on any atom is 0.341 e. The summed E-state index contributed by atoms with van der Waals surface area (Å²) in [6, 6.07) is 7.86. The first-order valence-electron chi connectivity index (χ1n) is 8.30. The highest BCUT2D eigenvalue weighted by Gasteiger charge is 2.38. The molecule has 0 unspecified atom stereocenters. The van der Waals surface area contributed by atoms with E-state index >= 15 is 0 Å². The monoisotopic (exact) mass is 393 g/mol. The van der Waals surface area contributed by atoms with Crippen molar-refractivity contribution in [3.05, 3.63) is 53.3 Å². The maximum atomic E-state index is 13.9. The van der Waals surface area contributed by atoms with Crippen molar-refractivity contribution in [2.75, 3.05) is 17.9 Å². The zero-order valence-electron chi connectivity index (χ0n) is 14.0. The zero-order valence-corrected chi connectivity index (χ0v) is 14.8. The highest BCUT2D eigenvalue weighted by atomic mass is 32.2. The second-order valence-corrected chi connectivity index (χ2v) is 8.01. The normalized spacial score (nSPS) is 21.1. The summed E-state index contributed by atoms with van der Waals surface area (Å²) < 4.78 is 52.3. The van der Waals surface area contributed by atoms with Gasteiger partial charge in [-0.15, -0.1) is 0 Å². The molecule has 0 aliphatic carbocycles. The van der Waals surface area contributed by atoms with E-state index in [1.54, 1.807) is 6.07 Å². The molecule has 4 rings (SSSR count). The van der Waals surface area contributed by atoms with Gasteiger partial charge in [0.05, 0.1) is 11.8 Å². The predicted octanol–water partition coefficient (Wildman–Crippen LogP) is 2.59. The Hall–Kier alpha value is -2.65. The third-order valence-electron chi connectivity index (χ3n) is 4.77. The van der Waals surface area contributed by atoms with Crippen molar-refractivity contribution in [3.63, 3.8) is 0 Å². The fourth-order valence-corrected chi connectivity index (χ4v) is 4.69. The van der Waals surface area contributed by atoms with E-state index in [2.05, 4.69) is 4.72 Å². The zero-order chi connectivity index (χ0) is 19.2. The lowest BCUT2D eigenvalue weighted by atomic mass is 9.88. The molecule has 142 valence electrons. The molecule has 0 bridgehead atoms. The lowest BCUT2D eigenvalue weighted by molar-refractivity contribution is 0.0484. The van der Waals surface area contributed by atoms with Crippen molar-refractivity contribution in [1.29, 1.82) is 0 Å². The molecule has 7 nitrogen and oxygen atoms in total. The van der Waals surface area contributed by atoms with Gasteiger partial charge in [0, 0.05) is 18.1 Å². The third kappa shape index (κ3) is 3.02. The molecule has 1 saturated heterocycles. The number of fused-ring (bicyclic) bond motifs is 3. The summed E-state index contributed by atoms with van der Waals surface area (Å²) in [5.41, 5.74) is 0.203. The fourth-order valence-electron chi connectivity index (χ4n) is 3.54. The average molecular weight is 393 g/mol. The molecule has 2 aliphatic rings. The van der Waals surface area contributed by atoms with Gasteiger partial charge in [-0.05, 0) is 24.6 Å². The summed E-state index contributed by atoms with van der Waals surface area (Å²) in [6.45, 7) is 0.754. The van der Waals surface area contributed by atoms with Crippen LogP contribution >= 0.6 is 0 Å². The van der Waals surface area contributed by atoms with Crippen LogP contribution in [0.5, 0.6) is 5.75 Å². The fraction of sp³-hybridized carbons (Fsp3) is 0.278. The van der Waals surface area contributed by atoms with Gasteiger partial charge in [-0.3, -0.25) is 4.72 Å². The molecule has 2 aromatic carbocycles. The van der Waals surface area contributed by atoms with Crippen LogP contribution < -0.4 is 9.46 Å². The molecule has 0 amide bonds. The topological polar surface area (TPSA) is 102 Å². The van der Waals surface area contributed by atoms with Crippen LogP contribution in [0.1, 0.15) is 28.3 Å². The lowest BCUT2D eigenvalue weighted by Gasteiger charge is -2.29. The smallest absolute Gasteiger partial charge is 0.341 e. The summed E-state index contributed by atoms with van der Waals surface area (Å²) in [7, 11) is -4.31. The van der Waals surface area contributed by atoms with E-state index in [4.69, 9.17) is 9.47 Å². The first-order chi connectivity index (χ1) is 12.9. The predicted molar refractivity (Wildman–Crippen MR) is 93.2 cm³/mol. The van der Waals surface area contributed by atoms with Gasteiger partial charge in [0.2, 0.25) is 0 Å². The number of carbonyl (C=O) groups is 1. The van der Waals surface area contributed by atoms with Gasteiger partial charge < -0.3 is 14.6 Å². The Balaban J connectivity index is 1.78. The molecule has 2 atom stereocenters. The molecule has 0 radical (unpaired) electrons. The molecular weight excluding hydrogens is 377 g/mol. The number of anilines is 1. The van der Waals surface area contributed by atoms with Gasteiger partial charge in [-0.2, -0.15) is 0 Å². The summed E-state index contributed by atoms with van der Waals surface area (Å²) in [4.78, 5) is 11.3. The SMILES string of the molecule is O=C(O)c1c(NS(=O)(=O)c2ccccc2F)ccc2c1OC[C@H]1OCC[C@@H]21. The Labute approximate surface area is 154 Å². The van der Waals surface area contributed by atoms with Gasteiger partial charge in [-0.1, -0.05) is 18.2 Å². The Bertz CT molecular complexity index is 1020. The van der Waals surface area contributed by atoms with E-state index in [1.165, 1.54) is 18.2 Å². The molecule has 2 aromatic rings. The number of rotatable bonds is 4. The second kappa shape index (κ2) is 6.50. The van der Waals surface area contributed by atoms with Crippen LogP contribution in [0.25, 0.3) is 0 Å². The summed E-state index contributed by atoms with van der Waals surface area (Å²) in [5.74, 6) is -2.13. The van der Waals surface area contributed by atoms with Crippen LogP contribution in [0, 0.1) is 5.82 Å². The number of ether oxygens (including phenoxy) is 2. The van der Waals surface area contributed by atoms with Crippen molar-refractivity contribution >= 4 is 21.7 Å². The minimum atomic E-state index is -4.31. The molecule has 0 saturated carbocycles. The minimum Gasteiger partial charge on any atom is -0.490 e. The highest BCUT2D eigenvalue weighted by molar-refractivity contribution is 7.92. The lowest BCUT2D eigenvalue weighted by Crippen LogP contribution is -2.29. The first-order valence-corrected chi connectivity index (χ1v) is 9.79. The van der Waals surface area contributed by atoms with Gasteiger partial charge >= 0.3 is 5.97 Å². The summed E-state index contributed by atoms with van der Waals surface area (Å²) >= 11 is 0. The van der Waals surface area contributed by atoms with Gasteiger partial charge in [0.25, 0.3) is 10.0 Å². The molecule has 1 fully saturated rings. The quantitative estimate of drug-likeness (QED) is 0.828. The van der Waals surface area contributed by atoms with E-state index in [9.17, 15) is 22.7 Å². The van der Waals surface area contributed by atoms with Crippen molar-refractivity contribution in [2.45, 2.75) is 23.3 Å². The Morgan fingerprint density at radius 1 is 1.22 bits per heavy atom. The van der Waals surface area contributed by atoms with Crippen molar-refractivity contribution in [2.24, 2.45) is 0 Å². The van der Waals surface area contributed by atoms with Crippen LogP contribution in [0.15, 0.2) is 41.3 Å². The number of halogens is 1. The second-order valence-electron chi connectivity index (χ2n) is 6.36. The maximum absolute atomic E-state index is 13.9. The molecule has 2 heterocycles. The van der Waals surface area contributed by atoms with E-state index < -0.39 is 26.7 Å². The van der Waals surface area contributed by atoms with Crippen LogP contribution in [0.3, 0.4) is 0 Å². The number of nitrogens with one attached hydrogen (secondary N) is 1. The summed E-state index contributed by atoms with van der Waals surface area (Å²) in [6.07, 6.45) is 0.598. The molecule has 2 N–H and O–H groups in total. The van der Waals surface area contributed by atoms with E-state index in [1.807, 2.05) is 0 Å². The largest absolute Gasteiger partial charge is 0.490 e. The van der Waals surface area contributed by atoms with Gasteiger partial charge in [0.1, 0.15) is 28.6 Å². The number of sulfonamides is 1. The van der Waals surface area contributed by atoms with Crippen LogP contribution in [-0.4, -0.2) is 38.8 Å². The number of carboxylic acid groups (broad SMARTS) is 1. The molecule has 0 spiro atoms. The highest BCUT2D eigenvalue weighted by Crippen LogP contribution is 2.44. The van der Waals surface area contributed by atoms with Crippen molar-refractivity contribution in [1.82, 2.24) is 0 Å². The molecule has 27 heavy (non-hydrogen) atoms. The number of benzene rings is 2. The Kier molecular flexibility index (Phi) is 4.27. The molecular formula is C18H16FNO6S. The number of hydrogen-bond acceptors (Lipinski definition) is 5. The molecule has 0 aromatic heterocycles. The average Bonchev–Trinajstić information content (AvgIpc) is 3.10. The Morgan fingerprint density at radius 2 is 2.00 bits per heavy atom. The van der Waals surface area contributed by atoms with Gasteiger partial charge in [-0.25, -0.2) is 17.6 Å².